The average molecular weight is 252 g/mol. The zero-order valence-corrected chi connectivity index (χ0v) is 9.46. The van der Waals surface area contributed by atoms with Gasteiger partial charge in [-0.25, -0.2) is 4.98 Å². The van der Waals surface area contributed by atoms with Crippen molar-refractivity contribution in [1.29, 1.82) is 0 Å². The predicted molar refractivity (Wildman–Crippen MR) is 62.2 cm³/mol. The lowest BCUT2D eigenvalue weighted by Crippen LogP contribution is -2.04. The van der Waals surface area contributed by atoms with Gasteiger partial charge in [0.2, 0.25) is 0 Å². The van der Waals surface area contributed by atoms with Crippen LogP contribution in [0.2, 0.25) is 0 Å². The molecular formula is C13H11F3N2. The van der Waals surface area contributed by atoms with Gasteiger partial charge in [0, 0.05) is 5.92 Å². The highest BCUT2D eigenvalue weighted by atomic mass is 19.4. The second-order valence-electron chi connectivity index (χ2n) is 4.49. The van der Waals surface area contributed by atoms with Gasteiger partial charge in [-0.15, -0.1) is 0 Å². The fraction of sp³-hybridized carbons (Fsp3) is 0.308. The first kappa shape index (κ1) is 11.3. The Morgan fingerprint density at radius 1 is 1.17 bits per heavy atom. The molecule has 1 N–H and O–H groups in total. The summed E-state index contributed by atoms with van der Waals surface area (Å²) < 4.78 is 37.7. The molecule has 1 aliphatic rings. The van der Waals surface area contributed by atoms with E-state index in [1.54, 1.807) is 0 Å². The Bertz CT molecular complexity index is 602. The zero-order valence-electron chi connectivity index (χ0n) is 9.46. The topological polar surface area (TPSA) is 28.7 Å². The minimum absolute atomic E-state index is 0.270. The summed E-state index contributed by atoms with van der Waals surface area (Å²) in [5.74, 6) is 1.04. The molecule has 1 aromatic carbocycles. The molecule has 2 aromatic rings. The van der Waals surface area contributed by atoms with Gasteiger partial charge in [-0.05, 0) is 31.0 Å². The third-order valence-corrected chi connectivity index (χ3v) is 3.22. The van der Waals surface area contributed by atoms with E-state index in [0.29, 0.717) is 11.0 Å². The van der Waals surface area contributed by atoms with Gasteiger partial charge in [-0.1, -0.05) is 12.2 Å². The van der Waals surface area contributed by atoms with Crippen molar-refractivity contribution in [3.05, 3.63) is 41.7 Å². The molecule has 0 saturated carbocycles. The van der Waals surface area contributed by atoms with Gasteiger partial charge in [-0.3, -0.25) is 0 Å². The number of allylic oxidation sites excluding steroid dienone is 2. The van der Waals surface area contributed by atoms with Gasteiger partial charge in [-0.2, -0.15) is 13.2 Å². The molecule has 0 radical (unpaired) electrons. The van der Waals surface area contributed by atoms with E-state index in [4.69, 9.17) is 0 Å². The summed E-state index contributed by atoms with van der Waals surface area (Å²) in [6.07, 6.45) is 1.62. The fourth-order valence-corrected chi connectivity index (χ4v) is 2.24. The van der Waals surface area contributed by atoms with Gasteiger partial charge in [0.15, 0.2) is 0 Å². The standard InChI is InChI=1S/C13H11F3N2/c14-13(15,16)9-5-6-10-11(7-9)18-12(17-10)8-3-1-2-4-8/h1-2,5-8H,3-4H2,(H,17,18). The largest absolute Gasteiger partial charge is 0.416 e. The van der Waals surface area contributed by atoms with Gasteiger partial charge < -0.3 is 4.98 Å². The summed E-state index contributed by atoms with van der Waals surface area (Å²) in [5, 5.41) is 0. The molecular weight excluding hydrogens is 241 g/mol. The number of hydrogen-bond donors (Lipinski definition) is 1. The smallest absolute Gasteiger partial charge is 0.342 e. The minimum atomic E-state index is -4.31. The maximum atomic E-state index is 12.6. The second kappa shape index (κ2) is 3.86. The Labute approximate surface area is 102 Å². The second-order valence-corrected chi connectivity index (χ2v) is 4.49. The Hall–Kier alpha value is -1.78. The van der Waals surface area contributed by atoms with Crippen molar-refractivity contribution in [1.82, 2.24) is 9.97 Å². The Kier molecular flexibility index (Phi) is 2.43. The summed E-state index contributed by atoms with van der Waals surface area (Å²) in [7, 11) is 0. The normalized spacial score (nSPS) is 16.8. The van der Waals surface area contributed by atoms with Crippen molar-refractivity contribution in [2.24, 2.45) is 0 Å². The highest BCUT2D eigenvalue weighted by Crippen LogP contribution is 2.33. The van der Waals surface area contributed by atoms with Crippen LogP contribution in [0, 0.1) is 0 Å². The first-order valence-corrected chi connectivity index (χ1v) is 5.76. The molecule has 94 valence electrons. The third kappa shape index (κ3) is 1.89. The Morgan fingerprint density at radius 2 is 1.89 bits per heavy atom. The number of imidazole rings is 1. The molecule has 1 heterocycles. The number of halogens is 3. The van der Waals surface area contributed by atoms with Gasteiger partial charge >= 0.3 is 6.18 Å². The number of H-pyrrole nitrogens is 1. The van der Waals surface area contributed by atoms with Crippen molar-refractivity contribution in [2.45, 2.75) is 24.9 Å². The number of hydrogen-bond acceptors (Lipinski definition) is 1. The first-order valence-electron chi connectivity index (χ1n) is 5.76. The molecule has 2 nitrogen and oxygen atoms in total. The lowest BCUT2D eigenvalue weighted by atomic mass is 10.1. The van der Waals surface area contributed by atoms with E-state index in [2.05, 4.69) is 22.1 Å². The number of aromatic nitrogens is 2. The molecule has 1 aliphatic carbocycles. The molecule has 0 atom stereocenters. The molecule has 0 saturated heterocycles. The van der Waals surface area contributed by atoms with Crippen molar-refractivity contribution < 1.29 is 13.2 Å². The van der Waals surface area contributed by atoms with Crippen molar-refractivity contribution in [3.8, 4) is 0 Å². The quantitative estimate of drug-likeness (QED) is 0.763. The van der Waals surface area contributed by atoms with Crippen molar-refractivity contribution in [2.75, 3.05) is 0 Å². The van der Waals surface area contributed by atoms with Crippen molar-refractivity contribution >= 4 is 11.0 Å². The van der Waals surface area contributed by atoms with Gasteiger partial charge in [0.05, 0.1) is 16.6 Å². The highest BCUT2D eigenvalue weighted by molar-refractivity contribution is 5.76. The van der Waals surface area contributed by atoms with Crippen LogP contribution in [0.25, 0.3) is 11.0 Å². The number of nitrogens with one attached hydrogen (secondary N) is 1. The van der Waals surface area contributed by atoms with Crippen molar-refractivity contribution in [3.63, 3.8) is 0 Å². The predicted octanol–water partition coefficient (Wildman–Crippen LogP) is 4.02. The Balaban J connectivity index is 2.01. The van der Waals surface area contributed by atoms with Crippen LogP contribution < -0.4 is 0 Å². The average Bonchev–Trinajstić information content (AvgIpc) is 2.95. The summed E-state index contributed by atoms with van der Waals surface area (Å²) in [4.78, 5) is 7.35. The number of aromatic amines is 1. The van der Waals surface area contributed by atoms with Crippen LogP contribution in [-0.4, -0.2) is 9.97 Å². The molecule has 1 aromatic heterocycles. The summed E-state index contributed by atoms with van der Waals surface area (Å²) >= 11 is 0. The van der Waals surface area contributed by atoms with Crippen LogP contribution in [0.15, 0.2) is 30.4 Å². The van der Waals surface area contributed by atoms with Gasteiger partial charge in [0.25, 0.3) is 0 Å². The lowest BCUT2D eigenvalue weighted by Gasteiger charge is -2.05. The molecule has 0 aliphatic heterocycles. The number of nitrogens with zero attached hydrogens (tertiary/aromatic N) is 1. The van der Waals surface area contributed by atoms with Crippen LogP contribution in [0.1, 0.15) is 30.1 Å². The summed E-state index contributed by atoms with van der Waals surface area (Å²) in [6.45, 7) is 0. The van der Waals surface area contributed by atoms with E-state index in [1.165, 1.54) is 6.07 Å². The molecule has 18 heavy (non-hydrogen) atoms. The number of rotatable bonds is 1. The zero-order chi connectivity index (χ0) is 12.8. The molecule has 0 spiro atoms. The molecule has 0 amide bonds. The molecule has 3 rings (SSSR count). The highest BCUT2D eigenvalue weighted by Gasteiger charge is 2.30. The van der Waals surface area contributed by atoms with Crippen LogP contribution in [0.3, 0.4) is 0 Å². The molecule has 0 unspecified atom stereocenters. The van der Waals surface area contributed by atoms with Crippen LogP contribution in [0.5, 0.6) is 0 Å². The first-order chi connectivity index (χ1) is 8.54. The lowest BCUT2D eigenvalue weighted by molar-refractivity contribution is -0.137. The molecule has 0 bridgehead atoms. The SMILES string of the molecule is FC(F)(F)c1ccc2nc(C3CC=CC3)[nH]c2c1. The van der Waals surface area contributed by atoms with E-state index in [9.17, 15) is 13.2 Å². The van der Waals surface area contributed by atoms with E-state index >= 15 is 0 Å². The monoisotopic (exact) mass is 252 g/mol. The van der Waals surface area contributed by atoms with E-state index in [1.807, 2.05) is 0 Å². The summed E-state index contributed by atoms with van der Waals surface area (Å²) in [6, 6.07) is 3.61. The maximum Gasteiger partial charge on any atom is 0.416 e. The number of alkyl halides is 3. The Morgan fingerprint density at radius 3 is 2.56 bits per heavy atom. The van der Waals surface area contributed by atoms with Crippen LogP contribution >= 0.6 is 0 Å². The number of benzene rings is 1. The minimum Gasteiger partial charge on any atom is -0.342 e. The fourth-order valence-electron chi connectivity index (χ4n) is 2.24. The van der Waals surface area contributed by atoms with E-state index in [-0.39, 0.29) is 5.92 Å². The molecule has 5 heteroatoms. The van der Waals surface area contributed by atoms with Gasteiger partial charge in [0.1, 0.15) is 5.82 Å². The van der Waals surface area contributed by atoms with Crippen LogP contribution in [-0.2, 0) is 6.18 Å². The summed E-state index contributed by atoms with van der Waals surface area (Å²) in [5.41, 5.74) is 0.395. The van der Waals surface area contributed by atoms with E-state index in [0.717, 1.165) is 30.8 Å². The number of fused-ring (bicyclic) bond motifs is 1. The molecule has 0 fully saturated rings. The van der Waals surface area contributed by atoms with E-state index < -0.39 is 11.7 Å². The van der Waals surface area contributed by atoms with Crippen LogP contribution in [0.4, 0.5) is 13.2 Å². The third-order valence-electron chi connectivity index (χ3n) is 3.22. The maximum absolute atomic E-state index is 12.6.